The summed E-state index contributed by atoms with van der Waals surface area (Å²) in [6.07, 6.45) is 10.6. The maximum atomic E-state index is 12.3. The van der Waals surface area contributed by atoms with E-state index in [9.17, 15) is 4.79 Å². The number of nitrogens with one attached hydrogen (secondary N) is 1. The highest BCUT2D eigenvalue weighted by Crippen LogP contribution is 2.36. The van der Waals surface area contributed by atoms with E-state index in [4.69, 9.17) is 0 Å². The summed E-state index contributed by atoms with van der Waals surface area (Å²) in [6.45, 7) is 1.80. The number of aromatic nitrogens is 4. The van der Waals surface area contributed by atoms with Crippen LogP contribution in [0.3, 0.4) is 0 Å². The van der Waals surface area contributed by atoms with Gasteiger partial charge in [-0.05, 0) is 25.7 Å². The van der Waals surface area contributed by atoms with Gasteiger partial charge in [-0.2, -0.15) is 0 Å². The first-order valence-corrected chi connectivity index (χ1v) is 9.05. The third-order valence-electron chi connectivity index (χ3n) is 5.40. The Hall–Kier alpha value is -2.44. The SMILES string of the molecule is Cn1cncc1C(=O)NC1CCN(c2cc(C3CCC3)ncn2)CC1. The summed E-state index contributed by atoms with van der Waals surface area (Å²) in [4.78, 5) is 27.5. The van der Waals surface area contributed by atoms with Gasteiger partial charge in [0.2, 0.25) is 0 Å². The topological polar surface area (TPSA) is 75.9 Å². The third kappa shape index (κ3) is 3.36. The van der Waals surface area contributed by atoms with Gasteiger partial charge in [-0.25, -0.2) is 15.0 Å². The van der Waals surface area contributed by atoms with Crippen molar-refractivity contribution >= 4 is 11.7 Å². The van der Waals surface area contributed by atoms with Crippen LogP contribution in [0, 0.1) is 0 Å². The Bertz CT molecular complexity index is 746. The highest BCUT2D eigenvalue weighted by molar-refractivity contribution is 5.92. The Kier molecular flexibility index (Phi) is 4.38. The fourth-order valence-corrected chi connectivity index (χ4v) is 3.55. The Balaban J connectivity index is 1.34. The van der Waals surface area contributed by atoms with E-state index in [2.05, 4.69) is 31.2 Å². The molecule has 0 radical (unpaired) electrons. The lowest BCUT2D eigenvalue weighted by Gasteiger charge is -2.33. The minimum absolute atomic E-state index is 0.0484. The summed E-state index contributed by atoms with van der Waals surface area (Å²) in [5, 5.41) is 3.12. The molecule has 2 fully saturated rings. The van der Waals surface area contributed by atoms with Crippen molar-refractivity contribution in [2.45, 2.75) is 44.1 Å². The van der Waals surface area contributed by atoms with Gasteiger partial charge in [0.05, 0.1) is 12.5 Å². The molecule has 0 atom stereocenters. The second kappa shape index (κ2) is 6.82. The molecular formula is C18H24N6O. The number of hydrogen-bond donors (Lipinski definition) is 1. The summed E-state index contributed by atoms with van der Waals surface area (Å²) < 4.78 is 1.74. The molecule has 0 bridgehead atoms. The molecule has 0 spiro atoms. The smallest absolute Gasteiger partial charge is 0.269 e. The van der Waals surface area contributed by atoms with Crippen molar-refractivity contribution in [1.82, 2.24) is 24.8 Å². The number of amides is 1. The van der Waals surface area contributed by atoms with E-state index in [1.54, 1.807) is 23.4 Å². The van der Waals surface area contributed by atoms with Gasteiger partial charge in [-0.3, -0.25) is 4.79 Å². The molecule has 1 saturated heterocycles. The number of hydrogen-bond acceptors (Lipinski definition) is 5. The zero-order valence-electron chi connectivity index (χ0n) is 14.6. The van der Waals surface area contributed by atoms with Crippen LogP contribution in [0.2, 0.25) is 0 Å². The van der Waals surface area contributed by atoms with Crippen molar-refractivity contribution in [3.8, 4) is 0 Å². The lowest BCUT2D eigenvalue weighted by atomic mass is 9.83. The lowest BCUT2D eigenvalue weighted by Crippen LogP contribution is -2.45. The van der Waals surface area contributed by atoms with Crippen molar-refractivity contribution in [2.75, 3.05) is 18.0 Å². The van der Waals surface area contributed by atoms with E-state index in [-0.39, 0.29) is 11.9 Å². The molecule has 3 heterocycles. The summed E-state index contributed by atoms with van der Waals surface area (Å²) in [5.74, 6) is 1.60. The molecule has 2 aromatic rings. The Morgan fingerprint density at radius 3 is 2.64 bits per heavy atom. The molecule has 1 N–H and O–H groups in total. The standard InChI is InChI=1S/C18H24N6O/c1-23-12-19-10-16(23)18(25)22-14-5-7-24(8-6-14)17-9-15(20-11-21-17)13-3-2-4-13/h9-14H,2-8H2,1H3,(H,22,25). The molecule has 1 amide bonds. The molecule has 132 valence electrons. The van der Waals surface area contributed by atoms with Crippen LogP contribution < -0.4 is 10.2 Å². The number of piperidine rings is 1. The molecule has 1 aliphatic carbocycles. The number of imidazole rings is 1. The van der Waals surface area contributed by atoms with Crippen LogP contribution in [0.25, 0.3) is 0 Å². The second-order valence-electron chi connectivity index (χ2n) is 7.05. The summed E-state index contributed by atoms with van der Waals surface area (Å²) in [7, 11) is 1.83. The van der Waals surface area contributed by atoms with Gasteiger partial charge in [0, 0.05) is 43.9 Å². The van der Waals surface area contributed by atoms with Crippen molar-refractivity contribution < 1.29 is 4.79 Å². The van der Waals surface area contributed by atoms with Crippen LogP contribution in [0.1, 0.15) is 54.2 Å². The van der Waals surface area contributed by atoms with Crippen LogP contribution in [-0.2, 0) is 7.05 Å². The van der Waals surface area contributed by atoms with E-state index < -0.39 is 0 Å². The Labute approximate surface area is 147 Å². The summed E-state index contributed by atoms with van der Waals surface area (Å²) >= 11 is 0. The van der Waals surface area contributed by atoms with Gasteiger partial charge in [0.1, 0.15) is 17.8 Å². The van der Waals surface area contributed by atoms with Crippen LogP contribution in [0.4, 0.5) is 5.82 Å². The zero-order chi connectivity index (χ0) is 17.2. The van der Waals surface area contributed by atoms with E-state index >= 15 is 0 Å². The van der Waals surface area contributed by atoms with Crippen LogP contribution in [0.15, 0.2) is 24.9 Å². The normalized spacial score (nSPS) is 18.8. The van der Waals surface area contributed by atoms with Crippen LogP contribution in [0.5, 0.6) is 0 Å². The second-order valence-corrected chi connectivity index (χ2v) is 7.05. The minimum atomic E-state index is -0.0484. The number of anilines is 1. The van der Waals surface area contributed by atoms with Gasteiger partial charge in [0.15, 0.2) is 0 Å². The maximum absolute atomic E-state index is 12.3. The Morgan fingerprint density at radius 1 is 1.20 bits per heavy atom. The number of nitrogens with zero attached hydrogens (tertiary/aromatic N) is 5. The first-order chi connectivity index (χ1) is 12.2. The van der Waals surface area contributed by atoms with E-state index in [1.807, 2.05) is 7.05 Å². The van der Waals surface area contributed by atoms with Crippen molar-refractivity contribution in [3.63, 3.8) is 0 Å². The average molecular weight is 340 g/mol. The Morgan fingerprint density at radius 2 is 2.00 bits per heavy atom. The molecule has 1 saturated carbocycles. The molecule has 7 nitrogen and oxygen atoms in total. The third-order valence-corrected chi connectivity index (χ3v) is 5.40. The highest BCUT2D eigenvalue weighted by Gasteiger charge is 2.25. The van der Waals surface area contributed by atoms with E-state index in [0.717, 1.165) is 31.7 Å². The lowest BCUT2D eigenvalue weighted by molar-refractivity contribution is 0.0923. The number of rotatable bonds is 4. The van der Waals surface area contributed by atoms with Crippen LogP contribution in [-0.4, -0.2) is 44.6 Å². The molecule has 2 aliphatic rings. The summed E-state index contributed by atoms with van der Waals surface area (Å²) in [6, 6.07) is 2.35. The largest absolute Gasteiger partial charge is 0.356 e. The average Bonchev–Trinajstić information content (AvgIpc) is 3.00. The maximum Gasteiger partial charge on any atom is 0.269 e. The fourth-order valence-electron chi connectivity index (χ4n) is 3.55. The molecule has 4 rings (SSSR count). The van der Waals surface area contributed by atoms with Gasteiger partial charge in [0.25, 0.3) is 5.91 Å². The molecule has 2 aromatic heterocycles. The van der Waals surface area contributed by atoms with Gasteiger partial charge in [-0.15, -0.1) is 0 Å². The molecule has 0 aromatic carbocycles. The molecule has 7 heteroatoms. The zero-order valence-corrected chi connectivity index (χ0v) is 14.6. The van der Waals surface area contributed by atoms with Crippen molar-refractivity contribution in [1.29, 1.82) is 0 Å². The van der Waals surface area contributed by atoms with Gasteiger partial charge >= 0.3 is 0 Å². The number of aryl methyl sites for hydroxylation is 1. The van der Waals surface area contributed by atoms with Crippen molar-refractivity contribution in [3.05, 3.63) is 36.3 Å². The molecule has 25 heavy (non-hydrogen) atoms. The number of carbonyl (C=O) groups excluding carboxylic acids is 1. The minimum Gasteiger partial charge on any atom is -0.356 e. The molecular weight excluding hydrogens is 316 g/mol. The van der Waals surface area contributed by atoms with E-state index in [0.29, 0.717) is 11.6 Å². The summed E-state index contributed by atoms with van der Waals surface area (Å²) in [5.41, 5.74) is 1.78. The highest BCUT2D eigenvalue weighted by atomic mass is 16.2. The van der Waals surface area contributed by atoms with Gasteiger partial charge in [-0.1, -0.05) is 6.42 Å². The number of carbonyl (C=O) groups is 1. The molecule has 0 unspecified atom stereocenters. The van der Waals surface area contributed by atoms with Crippen LogP contribution >= 0.6 is 0 Å². The van der Waals surface area contributed by atoms with Gasteiger partial charge < -0.3 is 14.8 Å². The predicted molar refractivity (Wildman–Crippen MR) is 94.5 cm³/mol. The van der Waals surface area contributed by atoms with E-state index in [1.165, 1.54) is 25.0 Å². The predicted octanol–water partition coefficient (Wildman–Crippen LogP) is 1.88. The molecule has 1 aliphatic heterocycles. The van der Waals surface area contributed by atoms with Crippen molar-refractivity contribution in [2.24, 2.45) is 7.05 Å². The monoisotopic (exact) mass is 340 g/mol. The quantitative estimate of drug-likeness (QED) is 0.920. The fraction of sp³-hybridized carbons (Fsp3) is 0.556. The first-order valence-electron chi connectivity index (χ1n) is 9.05. The first kappa shape index (κ1) is 16.1.